The van der Waals surface area contributed by atoms with E-state index >= 15 is 0 Å². The number of rotatable bonds is 4. The van der Waals surface area contributed by atoms with E-state index in [1.165, 1.54) is 19.3 Å². The molecule has 0 saturated heterocycles. The summed E-state index contributed by atoms with van der Waals surface area (Å²) in [4.78, 5) is 0. The molecular weight excluding hydrogens is 271 g/mol. The van der Waals surface area contributed by atoms with Crippen LogP contribution in [0, 0.1) is 17.5 Å². The Balaban J connectivity index is 1.96. The summed E-state index contributed by atoms with van der Waals surface area (Å²) in [7, 11) is 1.83. The van der Waals surface area contributed by atoms with Crippen LogP contribution >= 0.6 is 11.9 Å². The van der Waals surface area contributed by atoms with Gasteiger partial charge in [-0.2, -0.15) is 0 Å². The van der Waals surface area contributed by atoms with Gasteiger partial charge >= 0.3 is 0 Å². The van der Waals surface area contributed by atoms with E-state index in [1.54, 1.807) is 11.9 Å². The van der Waals surface area contributed by atoms with Gasteiger partial charge in [0.1, 0.15) is 5.82 Å². The van der Waals surface area contributed by atoms with Crippen molar-refractivity contribution in [1.82, 2.24) is 4.31 Å². The van der Waals surface area contributed by atoms with Gasteiger partial charge in [-0.15, -0.1) is 0 Å². The molecule has 0 heterocycles. The first-order chi connectivity index (χ1) is 9.06. The Hall–Kier alpha value is -0.680. The molecule has 5 heteroatoms. The van der Waals surface area contributed by atoms with Crippen molar-refractivity contribution in [3.05, 3.63) is 35.1 Å². The summed E-state index contributed by atoms with van der Waals surface area (Å²) in [5, 5.41) is 0.542. The number of benzene rings is 1. The highest BCUT2D eigenvalue weighted by Gasteiger charge is 2.18. The van der Waals surface area contributed by atoms with Crippen molar-refractivity contribution < 1.29 is 13.2 Å². The standard InChI is InChI=1S/C14H18F3NS/c1-18(19-12-5-3-2-4-6-12)9-10-7-11(15)8-13(16)14(10)17/h7-8,12H,2-6,9H2,1H3. The van der Waals surface area contributed by atoms with E-state index in [0.717, 1.165) is 18.9 Å². The second-order valence-electron chi connectivity index (χ2n) is 5.01. The summed E-state index contributed by atoms with van der Waals surface area (Å²) in [6, 6.07) is 1.64. The molecule has 0 aromatic heterocycles. The lowest BCUT2D eigenvalue weighted by Gasteiger charge is -2.26. The summed E-state index contributed by atoms with van der Waals surface area (Å²) in [6.07, 6.45) is 6.07. The fourth-order valence-corrected chi connectivity index (χ4v) is 3.69. The average molecular weight is 289 g/mol. The van der Waals surface area contributed by atoms with Crippen molar-refractivity contribution in [3.63, 3.8) is 0 Å². The molecule has 1 aliphatic carbocycles. The van der Waals surface area contributed by atoms with Crippen LogP contribution < -0.4 is 0 Å². The smallest absolute Gasteiger partial charge is 0.163 e. The largest absolute Gasteiger partial charge is 0.249 e. The van der Waals surface area contributed by atoms with Gasteiger partial charge < -0.3 is 0 Å². The third-order valence-electron chi connectivity index (χ3n) is 3.34. The maximum Gasteiger partial charge on any atom is 0.163 e. The quantitative estimate of drug-likeness (QED) is 0.592. The molecule has 1 nitrogen and oxygen atoms in total. The number of hydrogen-bond donors (Lipinski definition) is 0. The van der Waals surface area contributed by atoms with Crippen molar-refractivity contribution in [3.8, 4) is 0 Å². The van der Waals surface area contributed by atoms with Crippen LogP contribution in [0.1, 0.15) is 37.7 Å². The van der Waals surface area contributed by atoms with Gasteiger partial charge in [0.2, 0.25) is 0 Å². The van der Waals surface area contributed by atoms with Gasteiger partial charge in [0.15, 0.2) is 11.6 Å². The minimum atomic E-state index is -1.12. The van der Waals surface area contributed by atoms with Gasteiger partial charge in [-0.3, -0.25) is 0 Å². The molecule has 0 bridgehead atoms. The Morgan fingerprint density at radius 1 is 1.16 bits per heavy atom. The number of nitrogens with zero attached hydrogens (tertiary/aromatic N) is 1. The van der Waals surface area contributed by atoms with Gasteiger partial charge in [-0.1, -0.05) is 31.2 Å². The monoisotopic (exact) mass is 289 g/mol. The molecule has 0 aliphatic heterocycles. The maximum atomic E-state index is 13.5. The molecule has 1 aromatic carbocycles. The molecule has 1 aliphatic rings. The molecule has 1 aromatic rings. The normalized spacial score (nSPS) is 17.1. The first-order valence-corrected chi connectivity index (χ1v) is 7.41. The third kappa shape index (κ3) is 4.14. The van der Waals surface area contributed by atoms with Crippen molar-refractivity contribution in [2.45, 2.75) is 43.9 Å². The van der Waals surface area contributed by atoms with E-state index in [2.05, 4.69) is 0 Å². The van der Waals surface area contributed by atoms with Crippen LogP contribution in [0.5, 0.6) is 0 Å². The zero-order valence-electron chi connectivity index (χ0n) is 11.0. The van der Waals surface area contributed by atoms with Crippen LogP contribution in [-0.2, 0) is 6.54 Å². The second kappa shape index (κ2) is 6.66. The Morgan fingerprint density at radius 2 is 1.84 bits per heavy atom. The van der Waals surface area contributed by atoms with Crippen molar-refractivity contribution >= 4 is 11.9 Å². The molecule has 106 valence electrons. The van der Waals surface area contributed by atoms with E-state index in [4.69, 9.17) is 0 Å². The van der Waals surface area contributed by atoms with Crippen LogP contribution in [0.3, 0.4) is 0 Å². The topological polar surface area (TPSA) is 3.24 Å². The lowest BCUT2D eigenvalue weighted by Crippen LogP contribution is -2.18. The van der Waals surface area contributed by atoms with Gasteiger partial charge in [-0.05, 0) is 26.0 Å². The SMILES string of the molecule is CN(Cc1cc(F)cc(F)c1F)SC1CCCCC1. The van der Waals surface area contributed by atoms with Crippen molar-refractivity contribution in [1.29, 1.82) is 0 Å². The van der Waals surface area contributed by atoms with E-state index in [1.807, 2.05) is 11.4 Å². The minimum absolute atomic E-state index is 0.0725. The Bertz CT molecular complexity index is 433. The predicted octanol–water partition coefficient (Wildman–Crippen LogP) is 4.52. The average Bonchev–Trinajstić information content (AvgIpc) is 2.36. The molecular formula is C14H18F3NS. The van der Waals surface area contributed by atoms with E-state index in [0.29, 0.717) is 11.3 Å². The highest BCUT2D eigenvalue weighted by molar-refractivity contribution is 7.97. The highest BCUT2D eigenvalue weighted by atomic mass is 32.2. The fraction of sp³-hybridized carbons (Fsp3) is 0.571. The van der Waals surface area contributed by atoms with Crippen molar-refractivity contribution in [2.24, 2.45) is 0 Å². The van der Waals surface area contributed by atoms with Gasteiger partial charge in [-0.25, -0.2) is 17.5 Å². The first kappa shape index (κ1) is 14.7. The molecule has 1 saturated carbocycles. The van der Waals surface area contributed by atoms with Crippen LogP contribution in [0.15, 0.2) is 12.1 Å². The summed E-state index contributed by atoms with van der Waals surface area (Å²) in [5.41, 5.74) is 0.0725. The Morgan fingerprint density at radius 3 is 2.53 bits per heavy atom. The predicted molar refractivity (Wildman–Crippen MR) is 72.2 cm³/mol. The summed E-state index contributed by atoms with van der Waals surface area (Å²) >= 11 is 1.66. The van der Waals surface area contributed by atoms with Gasteiger partial charge in [0.25, 0.3) is 0 Å². The summed E-state index contributed by atoms with van der Waals surface area (Å²) in [6.45, 7) is 0.210. The second-order valence-corrected chi connectivity index (χ2v) is 6.51. The van der Waals surface area contributed by atoms with Crippen LogP contribution in [0.2, 0.25) is 0 Å². The molecule has 1 fully saturated rings. The zero-order valence-corrected chi connectivity index (χ0v) is 11.8. The van der Waals surface area contributed by atoms with Crippen LogP contribution in [0.25, 0.3) is 0 Å². The zero-order chi connectivity index (χ0) is 13.8. The third-order valence-corrected chi connectivity index (χ3v) is 4.60. The molecule has 0 spiro atoms. The lowest BCUT2D eigenvalue weighted by molar-refractivity contribution is 0.457. The van der Waals surface area contributed by atoms with Crippen molar-refractivity contribution in [2.75, 3.05) is 7.05 Å². The molecule has 0 amide bonds. The van der Waals surface area contributed by atoms with Crippen LogP contribution in [-0.4, -0.2) is 16.6 Å². The molecule has 19 heavy (non-hydrogen) atoms. The molecule has 0 radical (unpaired) electrons. The number of hydrogen-bond acceptors (Lipinski definition) is 2. The first-order valence-electron chi connectivity index (χ1n) is 6.57. The maximum absolute atomic E-state index is 13.5. The Labute approximate surface area is 116 Å². The highest BCUT2D eigenvalue weighted by Crippen LogP contribution is 2.31. The molecule has 2 rings (SSSR count). The Kier molecular flexibility index (Phi) is 5.16. The van der Waals surface area contributed by atoms with Crippen LogP contribution in [0.4, 0.5) is 13.2 Å². The molecule has 0 N–H and O–H groups in total. The number of halogens is 3. The summed E-state index contributed by atoms with van der Waals surface area (Å²) < 4.78 is 41.6. The fourth-order valence-electron chi connectivity index (χ4n) is 2.43. The van der Waals surface area contributed by atoms with E-state index in [-0.39, 0.29) is 12.1 Å². The minimum Gasteiger partial charge on any atom is -0.249 e. The van der Waals surface area contributed by atoms with Gasteiger partial charge in [0.05, 0.1) is 0 Å². The molecule has 0 atom stereocenters. The van der Waals surface area contributed by atoms with E-state index in [9.17, 15) is 13.2 Å². The summed E-state index contributed by atoms with van der Waals surface area (Å²) in [5.74, 6) is -2.80. The molecule has 0 unspecified atom stereocenters. The lowest BCUT2D eigenvalue weighted by atomic mass is 10.0. The van der Waals surface area contributed by atoms with E-state index < -0.39 is 17.5 Å². The van der Waals surface area contributed by atoms with Gasteiger partial charge in [0, 0.05) is 23.4 Å².